The molecule has 1 fully saturated rings. The fraction of sp³-hybridized carbons (Fsp3) is 1.00. The van der Waals surface area contributed by atoms with Crippen LogP contribution in [0.3, 0.4) is 0 Å². The molecule has 0 aromatic heterocycles. The lowest BCUT2D eigenvalue weighted by Crippen LogP contribution is -2.40. The second kappa shape index (κ2) is 5.82. The molecule has 1 aliphatic heterocycles. The van der Waals surface area contributed by atoms with Crippen molar-refractivity contribution in [3.05, 3.63) is 0 Å². The summed E-state index contributed by atoms with van der Waals surface area (Å²) in [5, 5.41) is 3.20. The van der Waals surface area contributed by atoms with Crippen LogP contribution in [-0.2, 0) is 9.84 Å². The van der Waals surface area contributed by atoms with E-state index in [0.717, 1.165) is 32.5 Å². The van der Waals surface area contributed by atoms with Gasteiger partial charge in [0.15, 0.2) is 9.84 Å². The molecule has 5 heteroatoms. The summed E-state index contributed by atoms with van der Waals surface area (Å²) in [5.41, 5.74) is 0. The number of sulfone groups is 1. The minimum absolute atomic E-state index is 0.342. The molecule has 1 rings (SSSR count). The third kappa shape index (κ3) is 4.95. The van der Waals surface area contributed by atoms with Crippen molar-refractivity contribution < 1.29 is 8.42 Å². The summed E-state index contributed by atoms with van der Waals surface area (Å²) in [6.45, 7) is 4.63. The molecular weight excluding hydrogens is 212 g/mol. The van der Waals surface area contributed by atoms with Gasteiger partial charge in [0.1, 0.15) is 0 Å². The largest absolute Gasteiger partial charge is 0.317 e. The third-order valence-corrected chi connectivity index (χ3v) is 4.65. The molecule has 1 atom stereocenters. The Labute approximate surface area is 93.0 Å². The van der Waals surface area contributed by atoms with Gasteiger partial charge in [0.05, 0.1) is 11.5 Å². The van der Waals surface area contributed by atoms with Crippen molar-refractivity contribution in [1.82, 2.24) is 10.2 Å². The number of hydrogen-bond acceptors (Lipinski definition) is 4. The van der Waals surface area contributed by atoms with Crippen LogP contribution in [0.4, 0.5) is 0 Å². The standard InChI is InChI=1S/C10H22N2O2S/c1-10(11-2)4-3-5-12-6-8-15(13,14)9-7-12/h10-11H,3-9H2,1-2H3. The number of hydrogen-bond donors (Lipinski definition) is 1. The van der Waals surface area contributed by atoms with E-state index >= 15 is 0 Å². The summed E-state index contributed by atoms with van der Waals surface area (Å²) in [7, 11) is -0.745. The van der Waals surface area contributed by atoms with Crippen LogP contribution in [0.2, 0.25) is 0 Å². The van der Waals surface area contributed by atoms with Crippen LogP contribution in [-0.4, -0.2) is 57.5 Å². The van der Waals surface area contributed by atoms with Gasteiger partial charge in [0.25, 0.3) is 0 Å². The lowest BCUT2D eigenvalue weighted by molar-refractivity contribution is 0.284. The van der Waals surface area contributed by atoms with E-state index in [-0.39, 0.29) is 0 Å². The molecule has 0 spiro atoms. The molecule has 0 aliphatic carbocycles. The Hall–Kier alpha value is -0.130. The second-order valence-corrected chi connectivity index (χ2v) is 6.63. The van der Waals surface area contributed by atoms with Crippen LogP contribution in [0.1, 0.15) is 19.8 Å². The Morgan fingerprint density at radius 3 is 2.47 bits per heavy atom. The minimum Gasteiger partial charge on any atom is -0.317 e. The topological polar surface area (TPSA) is 49.4 Å². The van der Waals surface area contributed by atoms with Gasteiger partial charge in [-0.3, -0.25) is 0 Å². The summed E-state index contributed by atoms with van der Waals surface area (Å²) in [5.74, 6) is 0.684. The normalized spacial score (nSPS) is 23.9. The quantitative estimate of drug-likeness (QED) is 0.733. The van der Waals surface area contributed by atoms with Crippen LogP contribution in [0.15, 0.2) is 0 Å². The molecular formula is C10H22N2O2S. The van der Waals surface area contributed by atoms with E-state index in [1.165, 1.54) is 0 Å². The highest BCUT2D eigenvalue weighted by Crippen LogP contribution is 2.06. The van der Waals surface area contributed by atoms with Crippen LogP contribution < -0.4 is 5.32 Å². The van der Waals surface area contributed by atoms with Gasteiger partial charge in [-0.15, -0.1) is 0 Å². The van der Waals surface area contributed by atoms with Crippen molar-refractivity contribution >= 4 is 9.84 Å². The second-order valence-electron chi connectivity index (χ2n) is 4.33. The summed E-state index contributed by atoms with van der Waals surface area (Å²) >= 11 is 0. The molecule has 90 valence electrons. The van der Waals surface area contributed by atoms with Gasteiger partial charge in [0.2, 0.25) is 0 Å². The van der Waals surface area contributed by atoms with Crippen molar-refractivity contribution in [1.29, 1.82) is 0 Å². The summed E-state index contributed by atoms with van der Waals surface area (Å²) < 4.78 is 22.4. The molecule has 0 radical (unpaired) electrons. The molecule has 0 bridgehead atoms. The highest BCUT2D eigenvalue weighted by atomic mass is 32.2. The molecule has 1 N–H and O–H groups in total. The van der Waals surface area contributed by atoms with Gasteiger partial charge in [-0.05, 0) is 33.4 Å². The molecule has 0 saturated carbocycles. The minimum atomic E-state index is -2.72. The molecule has 1 heterocycles. The van der Waals surface area contributed by atoms with Crippen molar-refractivity contribution in [2.75, 3.05) is 38.2 Å². The molecule has 0 aromatic carbocycles. The van der Waals surface area contributed by atoms with Crippen LogP contribution in [0.25, 0.3) is 0 Å². The maximum absolute atomic E-state index is 11.2. The van der Waals surface area contributed by atoms with Crippen molar-refractivity contribution in [3.63, 3.8) is 0 Å². The zero-order valence-corrected chi connectivity index (χ0v) is 10.5. The first-order valence-corrected chi connectivity index (χ1v) is 7.46. The number of rotatable bonds is 5. The van der Waals surface area contributed by atoms with E-state index in [4.69, 9.17) is 0 Å². The summed E-state index contributed by atoms with van der Waals surface area (Å²) in [6.07, 6.45) is 2.29. The summed E-state index contributed by atoms with van der Waals surface area (Å²) in [4.78, 5) is 2.25. The zero-order valence-electron chi connectivity index (χ0n) is 9.70. The Morgan fingerprint density at radius 2 is 1.93 bits per heavy atom. The summed E-state index contributed by atoms with van der Waals surface area (Å²) in [6, 6.07) is 0.554. The maximum Gasteiger partial charge on any atom is 0.152 e. The predicted molar refractivity (Wildman–Crippen MR) is 62.8 cm³/mol. The molecule has 4 nitrogen and oxygen atoms in total. The molecule has 15 heavy (non-hydrogen) atoms. The highest BCUT2D eigenvalue weighted by Gasteiger charge is 2.20. The van der Waals surface area contributed by atoms with E-state index in [0.29, 0.717) is 17.5 Å². The molecule has 1 saturated heterocycles. The Morgan fingerprint density at radius 1 is 1.33 bits per heavy atom. The fourth-order valence-electron chi connectivity index (χ4n) is 1.74. The molecule has 1 unspecified atom stereocenters. The molecule has 0 amide bonds. The van der Waals surface area contributed by atoms with Crippen LogP contribution in [0, 0.1) is 0 Å². The Bertz CT molecular complexity index is 263. The van der Waals surface area contributed by atoms with Crippen LogP contribution in [0.5, 0.6) is 0 Å². The van der Waals surface area contributed by atoms with Crippen molar-refractivity contribution in [2.24, 2.45) is 0 Å². The third-order valence-electron chi connectivity index (χ3n) is 3.04. The van der Waals surface area contributed by atoms with E-state index < -0.39 is 9.84 Å². The van der Waals surface area contributed by atoms with E-state index in [1.807, 2.05) is 7.05 Å². The first-order valence-electron chi connectivity index (χ1n) is 5.63. The van der Waals surface area contributed by atoms with E-state index in [9.17, 15) is 8.42 Å². The number of nitrogens with zero attached hydrogens (tertiary/aromatic N) is 1. The van der Waals surface area contributed by atoms with E-state index in [2.05, 4.69) is 17.1 Å². The first kappa shape index (κ1) is 12.9. The molecule has 1 aliphatic rings. The lowest BCUT2D eigenvalue weighted by atomic mass is 10.2. The fourth-order valence-corrected chi connectivity index (χ4v) is 3.02. The van der Waals surface area contributed by atoms with Crippen molar-refractivity contribution in [2.45, 2.75) is 25.8 Å². The Kier molecular flexibility index (Phi) is 5.02. The predicted octanol–water partition coefficient (Wildman–Crippen LogP) is 0.105. The van der Waals surface area contributed by atoms with Gasteiger partial charge in [-0.1, -0.05) is 0 Å². The number of nitrogens with one attached hydrogen (secondary N) is 1. The smallest absolute Gasteiger partial charge is 0.152 e. The average molecular weight is 234 g/mol. The van der Waals surface area contributed by atoms with Gasteiger partial charge in [-0.25, -0.2) is 8.42 Å². The van der Waals surface area contributed by atoms with Gasteiger partial charge < -0.3 is 10.2 Å². The lowest BCUT2D eigenvalue weighted by Gasteiger charge is -2.26. The first-order chi connectivity index (χ1) is 7.03. The van der Waals surface area contributed by atoms with Gasteiger partial charge in [-0.2, -0.15) is 0 Å². The van der Waals surface area contributed by atoms with E-state index in [1.54, 1.807) is 0 Å². The molecule has 0 aromatic rings. The van der Waals surface area contributed by atoms with Gasteiger partial charge >= 0.3 is 0 Å². The maximum atomic E-state index is 11.2. The van der Waals surface area contributed by atoms with Crippen LogP contribution >= 0.6 is 0 Å². The Balaban J connectivity index is 2.14. The van der Waals surface area contributed by atoms with Gasteiger partial charge in [0, 0.05) is 19.1 Å². The highest BCUT2D eigenvalue weighted by molar-refractivity contribution is 7.91. The zero-order chi connectivity index (χ0) is 11.3. The monoisotopic (exact) mass is 234 g/mol. The SMILES string of the molecule is CNC(C)CCCN1CCS(=O)(=O)CC1. The van der Waals surface area contributed by atoms with Crippen molar-refractivity contribution in [3.8, 4) is 0 Å². The average Bonchev–Trinajstić information content (AvgIpc) is 2.20.